The van der Waals surface area contributed by atoms with Crippen molar-refractivity contribution in [2.45, 2.75) is 32.7 Å². The lowest BCUT2D eigenvalue weighted by Gasteiger charge is -2.29. The van der Waals surface area contributed by atoms with Gasteiger partial charge in [0.1, 0.15) is 18.0 Å². The van der Waals surface area contributed by atoms with Gasteiger partial charge in [-0.2, -0.15) is 0 Å². The molecule has 2 amide bonds. The zero-order valence-electron chi connectivity index (χ0n) is 19.7. The maximum atomic E-state index is 13.5. The van der Waals surface area contributed by atoms with Crippen LogP contribution in [0.25, 0.3) is 0 Å². The summed E-state index contributed by atoms with van der Waals surface area (Å²) in [5.74, 6) is -2.30. The molecule has 0 heterocycles. The first-order valence-corrected chi connectivity index (χ1v) is 11.5. The van der Waals surface area contributed by atoms with Gasteiger partial charge in [0, 0.05) is 35.9 Å². The zero-order valence-corrected chi connectivity index (χ0v) is 22.1. The van der Waals surface area contributed by atoms with Crippen molar-refractivity contribution >= 4 is 57.7 Å². The minimum Gasteiger partial charge on any atom is -0.480 e. The Morgan fingerprint density at radius 2 is 1.74 bits per heavy atom. The van der Waals surface area contributed by atoms with E-state index in [4.69, 9.17) is 10.5 Å². The molecule has 0 fully saturated rings. The summed E-state index contributed by atoms with van der Waals surface area (Å²) in [4.78, 5) is 39.2. The number of aliphatic carboxylic acids is 1. The molecule has 0 saturated heterocycles. The summed E-state index contributed by atoms with van der Waals surface area (Å²) in [6, 6.07) is 13.2. The predicted octanol–water partition coefficient (Wildman–Crippen LogP) is 4.96. The second-order valence-electron chi connectivity index (χ2n) is 8.39. The SMILES string of the molecule is CC(=O)N(CCN(c1ccc(F)cc1)c1cccc(Br)c1)C(=O)OC[C@@](N)(CC(C)C)C(=O)O.Cl. The highest BCUT2D eigenvalue weighted by Gasteiger charge is 2.37. The summed E-state index contributed by atoms with van der Waals surface area (Å²) < 4.78 is 19.4. The Kier molecular flexibility index (Phi) is 11.6. The van der Waals surface area contributed by atoms with Crippen LogP contribution in [0.4, 0.5) is 20.6 Å². The third kappa shape index (κ3) is 8.79. The largest absolute Gasteiger partial charge is 0.480 e. The number of anilines is 2. The molecule has 0 saturated carbocycles. The quantitative estimate of drug-likeness (QED) is 0.412. The number of benzene rings is 2. The molecule has 0 aliphatic heterocycles. The van der Waals surface area contributed by atoms with Crippen LogP contribution in [0.1, 0.15) is 27.2 Å². The molecule has 0 aromatic heterocycles. The van der Waals surface area contributed by atoms with Crippen molar-refractivity contribution in [3.63, 3.8) is 0 Å². The van der Waals surface area contributed by atoms with Crippen molar-refractivity contribution in [2.24, 2.45) is 11.7 Å². The number of carboxylic acid groups (broad SMARTS) is 1. The molecule has 0 bridgehead atoms. The van der Waals surface area contributed by atoms with Gasteiger partial charge in [-0.3, -0.25) is 9.59 Å². The topological polar surface area (TPSA) is 113 Å². The first kappa shape index (κ1) is 30.3. The molecular formula is C24H30BrClFN3O5. The van der Waals surface area contributed by atoms with Crippen molar-refractivity contribution in [1.29, 1.82) is 0 Å². The summed E-state index contributed by atoms with van der Waals surface area (Å²) in [6.45, 7) is 4.36. The molecule has 35 heavy (non-hydrogen) atoms. The number of nitrogens with zero attached hydrogens (tertiary/aromatic N) is 2. The van der Waals surface area contributed by atoms with Crippen LogP contribution in [0.5, 0.6) is 0 Å². The fraction of sp³-hybridized carbons (Fsp3) is 0.375. The second-order valence-corrected chi connectivity index (χ2v) is 9.31. The Morgan fingerprint density at radius 3 is 2.26 bits per heavy atom. The number of halogens is 3. The van der Waals surface area contributed by atoms with E-state index in [9.17, 15) is 23.9 Å². The molecular weight excluding hydrogens is 545 g/mol. The Hall–Kier alpha value is -2.69. The minimum atomic E-state index is -1.76. The Balaban J connectivity index is 0.00000612. The monoisotopic (exact) mass is 573 g/mol. The average Bonchev–Trinajstić information content (AvgIpc) is 2.75. The lowest BCUT2D eigenvalue weighted by molar-refractivity contribution is -0.145. The maximum Gasteiger partial charge on any atom is 0.416 e. The molecule has 2 aromatic carbocycles. The standard InChI is InChI=1S/C24H29BrFN3O5.ClH/c1-16(2)14-24(27,22(31)32)15-34-23(33)28(17(3)30)11-12-29(20-9-7-19(26)8-10-20)21-6-4-5-18(25)13-21;/h4-10,13,16H,11-12,14-15,27H2,1-3H3,(H,31,32);1H/t24-;/m0./s1. The zero-order chi connectivity index (χ0) is 25.5. The molecule has 0 spiro atoms. The third-order valence-electron chi connectivity index (χ3n) is 5.06. The van der Waals surface area contributed by atoms with Crippen LogP contribution in [-0.4, -0.2) is 53.2 Å². The van der Waals surface area contributed by atoms with Crippen molar-refractivity contribution in [1.82, 2.24) is 4.90 Å². The molecule has 0 aliphatic carbocycles. The molecule has 192 valence electrons. The van der Waals surface area contributed by atoms with E-state index in [1.807, 2.05) is 29.2 Å². The van der Waals surface area contributed by atoms with Gasteiger partial charge in [-0.25, -0.2) is 14.1 Å². The number of carbonyl (C=O) groups excluding carboxylic acids is 2. The number of carbonyl (C=O) groups is 3. The Labute approximate surface area is 218 Å². The number of hydrogen-bond donors (Lipinski definition) is 2. The van der Waals surface area contributed by atoms with E-state index in [1.165, 1.54) is 19.1 Å². The second kappa shape index (κ2) is 13.4. The highest BCUT2D eigenvalue weighted by molar-refractivity contribution is 9.10. The van der Waals surface area contributed by atoms with Gasteiger partial charge in [0.25, 0.3) is 0 Å². The van der Waals surface area contributed by atoms with Crippen LogP contribution in [-0.2, 0) is 14.3 Å². The molecule has 1 atom stereocenters. The fourth-order valence-electron chi connectivity index (χ4n) is 3.45. The minimum absolute atomic E-state index is 0. The fourth-order valence-corrected chi connectivity index (χ4v) is 3.84. The van der Waals surface area contributed by atoms with Crippen molar-refractivity contribution in [2.75, 3.05) is 24.6 Å². The van der Waals surface area contributed by atoms with E-state index < -0.39 is 35.9 Å². The van der Waals surface area contributed by atoms with Gasteiger partial charge in [0.15, 0.2) is 0 Å². The van der Waals surface area contributed by atoms with Crippen LogP contribution < -0.4 is 10.6 Å². The van der Waals surface area contributed by atoms with Gasteiger partial charge in [0.2, 0.25) is 5.91 Å². The molecule has 0 radical (unpaired) electrons. The molecule has 0 aliphatic rings. The van der Waals surface area contributed by atoms with E-state index >= 15 is 0 Å². The average molecular weight is 575 g/mol. The molecule has 8 nitrogen and oxygen atoms in total. The van der Waals surface area contributed by atoms with E-state index in [1.54, 1.807) is 26.0 Å². The number of nitrogens with two attached hydrogens (primary N) is 1. The number of imide groups is 1. The van der Waals surface area contributed by atoms with Gasteiger partial charge in [-0.05, 0) is 54.8 Å². The molecule has 11 heteroatoms. The normalized spacial score (nSPS) is 12.3. The summed E-state index contributed by atoms with van der Waals surface area (Å²) >= 11 is 3.42. The molecule has 0 unspecified atom stereocenters. The molecule has 3 N–H and O–H groups in total. The number of carboxylic acids is 1. The lowest BCUT2D eigenvalue weighted by atomic mass is 9.91. The Morgan fingerprint density at radius 1 is 1.11 bits per heavy atom. The first-order valence-electron chi connectivity index (χ1n) is 10.7. The van der Waals surface area contributed by atoms with E-state index in [0.29, 0.717) is 5.69 Å². The molecule has 2 aromatic rings. The van der Waals surface area contributed by atoms with E-state index in [2.05, 4.69) is 15.9 Å². The van der Waals surface area contributed by atoms with E-state index in [0.717, 1.165) is 15.1 Å². The number of hydrogen-bond acceptors (Lipinski definition) is 6. The Bertz CT molecular complexity index is 1020. The van der Waals surface area contributed by atoms with Crippen molar-refractivity contribution in [3.8, 4) is 0 Å². The predicted molar refractivity (Wildman–Crippen MR) is 138 cm³/mol. The highest BCUT2D eigenvalue weighted by atomic mass is 79.9. The molecule has 2 rings (SSSR count). The van der Waals surface area contributed by atoms with Crippen molar-refractivity contribution in [3.05, 3.63) is 58.8 Å². The van der Waals surface area contributed by atoms with Gasteiger partial charge in [-0.1, -0.05) is 35.8 Å². The van der Waals surface area contributed by atoms with E-state index in [-0.39, 0.29) is 37.8 Å². The number of rotatable bonds is 10. The smallest absolute Gasteiger partial charge is 0.416 e. The van der Waals surface area contributed by atoms with Crippen LogP contribution in [0.15, 0.2) is 53.0 Å². The summed E-state index contributed by atoms with van der Waals surface area (Å²) in [5.41, 5.74) is 5.59. The van der Waals surface area contributed by atoms with Crippen LogP contribution >= 0.6 is 28.3 Å². The lowest BCUT2D eigenvalue weighted by Crippen LogP contribution is -2.54. The van der Waals surface area contributed by atoms with Crippen LogP contribution in [0.2, 0.25) is 0 Å². The first-order chi connectivity index (χ1) is 15.9. The summed E-state index contributed by atoms with van der Waals surface area (Å²) in [6.07, 6.45) is -0.891. The van der Waals surface area contributed by atoms with Gasteiger partial charge >= 0.3 is 12.1 Å². The third-order valence-corrected chi connectivity index (χ3v) is 5.55. The van der Waals surface area contributed by atoms with Crippen molar-refractivity contribution < 1.29 is 28.6 Å². The number of amides is 2. The maximum absolute atomic E-state index is 13.5. The number of ether oxygens (including phenoxy) is 1. The highest BCUT2D eigenvalue weighted by Crippen LogP contribution is 2.28. The van der Waals surface area contributed by atoms with Crippen LogP contribution in [0.3, 0.4) is 0 Å². The summed E-state index contributed by atoms with van der Waals surface area (Å²) in [7, 11) is 0. The van der Waals surface area contributed by atoms with Gasteiger partial charge in [-0.15, -0.1) is 12.4 Å². The van der Waals surface area contributed by atoms with Gasteiger partial charge < -0.3 is 20.5 Å². The van der Waals surface area contributed by atoms with Gasteiger partial charge in [0.05, 0.1) is 0 Å². The summed E-state index contributed by atoms with van der Waals surface area (Å²) in [5, 5.41) is 9.48. The van der Waals surface area contributed by atoms with Crippen LogP contribution in [0, 0.1) is 11.7 Å².